The average Bonchev–Trinajstić information content (AvgIpc) is 3.42. The maximum atomic E-state index is 15.2. The molecule has 2 aliphatic rings. The van der Waals surface area contributed by atoms with E-state index >= 15 is 4.39 Å². The minimum absolute atomic E-state index is 0.0524. The van der Waals surface area contributed by atoms with Gasteiger partial charge in [-0.3, -0.25) is 14.3 Å². The second-order valence-corrected chi connectivity index (χ2v) is 6.64. The van der Waals surface area contributed by atoms with E-state index < -0.39 is 17.1 Å². The number of aromatic amines is 1. The Labute approximate surface area is 143 Å². The molecule has 134 valence electrons. The third-order valence-electron chi connectivity index (χ3n) is 5.04. The summed E-state index contributed by atoms with van der Waals surface area (Å²) in [5.74, 6) is -0.634. The maximum Gasteiger partial charge on any atom is 0.329 e. The van der Waals surface area contributed by atoms with E-state index in [9.17, 15) is 9.59 Å². The molecule has 7 nitrogen and oxygen atoms in total. The zero-order valence-corrected chi connectivity index (χ0v) is 14.3. The molecule has 2 fully saturated rings. The second-order valence-electron chi connectivity index (χ2n) is 6.64. The quantitative estimate of drug-likeness (QED) is 0.861. The van der Waals surface area contributed by atoms with Crippen molar-refractivity contribution >= 4 is 16.6 Å². The van der Waals surface area contributed by atoms with Crippen molar-refractivity contribution in [3.63, 3.8) is 0 Å². The molecule has 8 heteroatoms. The van der Waals surface area contributed by atoms with E-state index in [1.54, 1.807) is 11.5 Å². The van der Waals surface area contributed by atoms with Crippen molar-refractivity contribution < 1.29 is 9.13 Å². The molecule has 25 heavy (non-hydrogen) atoms. The third kappa shape index (κ3) is 2.43. The summed E-state index contributed by atoms with van der Waals surface area (Å²) in [6, 6.07) is 0.0524. The summed E-state index contributed by atoms with van der Waals surface area (Å²) >= 11 is 0. The first-order valence-corrected chi connectivity index (χ1v) is 8.54. The Kier molecular flexibility index (Phi) is 3.79. The number of H-pyrrole nitrogens is 1. The molecule has 0 unspecified atom stereocenters. The molecule has 0 radical (unpaired) electrons. The van der Waals surface area contributed by atoms with Gasteiger partial charge in [-0.2, -0.15) is 0 Å². The van der Waals surface area contributed by atoms with Crippen molar-refractivity contribution in [2.75, 3.05) is 38.2 Å². The number of nitrogens with zero attached hydrogens (tertiary/aromatic N) is 2. The molecule has 1 aliphatic carbocycles. The summed E-state index contributed by atoms with van der Waals surface area (Å²) in [6.45, 7) is 4.60. The molecular weight excluding hydrogens is 327 g/mol. The van der Waals surface area contributed by atoms with Crippen LogP contribution in [0, 0.1) is 12.7 Å². The number of hydrogen-bond acceptors (Lipinski definition) is 5. The molecule has 2 N–H and O–H groups in total. The van der Waals surface area contributed by atoms with Crippen LogP contribution in [0.25, 0.3) is 10.9 Å². The van der Waals surface area contributed by atoms with E-state index in [4.69, 9.17) is 4.74 Å². The molecule has 1 saturated heterocycles. The number of halogens is 1. The fourth-order valence-electron chi connectivity index (χ4n) is 3.76. The summed E-state index contributed by atoms with van der Waals surface area (Å²) in [5, 5.41) is 3.36. The van der Waals surface area contributed by atoms with Crippen LogP contribution < -0.4 is 26.2 Å². The van der Waals surface area contributed by atoms with E-state index in [1.807, 2.05) is 4.90 Å². The van der Waals surface area contributed by atoms with Crippen molar-refractivity contribution in [2.24, 2.45) is 0 Å². The fourth-order valence-corrected chi connectivity index (χ4v) is 3.76. The van der Waals surface area contributed by atoms with Gasteiger partial charge in [0.1, 0.15) is 5.39 Å². The third-order valence-corrected chi connectivity index (χ3v) is 5.04. The van der Waals surface area contributed by atoms with Crippen LogP contribution in [-0.2, 0) is 0 Å². The lowest BCUT2D eigenvalue weighted by Crippen LogP contribution is -2.44. The van der Waals surface area contributed by atoms with Gasteiger partial charge in [-0.25, -0.2) is 9.18 Å². The summed E-state index contributed by atoms with van der Waals surface area (Å²) in [7, 11) is 1.35. The van der Waals surface area contributed by atoms with Gasteiger partial charge in [0.25, 0.3) is 5.56 Å². The molecular formula is C17H21FN4O3. The topological polar surface area (TPSA) is 79.4 Å². The molecule has 4 rings (SSSR count). The Morgan fingerprint density at radius 3 is 2.48 bits per heavy atom. The van der Waals surface area contributed by atoms with Gasteiger partial charge >= 0.3 is 5.69 Å². The number of benzene rings is 1. The first-order valence-electron chi connectivity index (χ1n) is 8.54. The highest BCUT2D eigenvalue weighted by Crippen LogP contribution is 2.42. The Morgan fingerprint density at radius 1 is 1.20 bits per heavy atom. The number of aromatic nitrogens is 2. The zero-order chi connectivity index (χ0) is 17.7. The number of methoxy groups -OCH3 is 1. The summed E-state index contributed by atoms with van der Waals surface area (Å²) in [5.41, 5.74) is 0.476. The van der Waals surface area contributed by atoms with Gasteiger partial charge in [0, 0.05) is 37.8 Å². The number of ether oxygens (including phenoxy) is 1. The van der Waals surface area contributed by atoms with Crippen LogP contribution in [0.2, 0.25) is 0 Å². The predicted molar refractivity (Wildman–Crippen MR) is 93.4 cm³/mol. The molecule has 1 aromatic heterocycles. The highest BCUT2D eigenvalue weighted by atomic mass is 19.1. The molecule has 0 bridgehead atoms. The lowest BCUT2D eigenvalue weighted by atomic mass is 10.1. The molecule has 0 amide bonds. The molecule has 2 heterocycles. The SMILES string of the molecule is COc1c(F)c(N2CCNCC2)c(C)c2c1c(=O)[nH]c(=O)n2C1CC1. The number of anilines is 1. The van der Waals surface area contributed by atoms with Crippen molar-refractivity contribution in [1.29, 1.82) is 0 Å². The normalized spacial score (nSPS) is 18.0. The summed E-state index contributed by atoms with van der Waals surface area (Å²) < 4.78 is 22.1. The average molecular weight is 348 g/mol. The van der Waals surface area contributed by atoms with Crippen LogP contribution in [0.1, 0.15) is 24.4 Å². The van der Waals surface area contributed by atoms with Crippen LogP contribution in [0.15, 0.2) is 9.59 Å². The van der Waals surface area contributed by atoms with E-state index in [0.29, 0.717) is 29.9 Å². The molecule has 1 saturated carbocycles. The summed E-state index contributed by atoms with van der Waals surface area (Å²) in [4.78, 5) is 29.1. The molecule has 0 atom stereocenters. The van der Waals surface area contributed by atoms with Crippen molar-refractivity contribution in [3.8, 4) is 5.75 Å². The van der Waals surface area contributed by atoms with Gasteiger partial charge in [0.05, 0.1) is 18.3 Å². The second kappa shape index (κ2) is 5.87. The lowest BCUT2D eigenvalue weighted by Gasteiger charge is -2.32. The predicted octanol–water partition coefficient (Wildman–Crippen LogP) is 0.890. The van der Waals surface area contributed by atoms with Gasteiger partial charge in [-0.15, -0.1) is 0 Å². The van der Waals surface area contributed by atoms with Crippen LogP contribution in [-0.4, -0.2) is 42.8 Å². The van der Waals surface area contributed by atoms with Crippen LogP contribution in [0.5, 0.6) is 5.75 Å². The molecule has 0 spiro atoms. The molecule has 1 aliphatic heterocycles. The van der Waals surface area contributed by atoms with Gasteiger partial charge < -0.3 is 15.0 Å². The lowest BCUT2D eigenvalue weighted by molar-refractivity contribution is 0.390. The van der Waals surface area contributed by atoms with Gasteiger partial charge in [0.15, 0.2) is 11.6 Å². The monoisotopic (exact) mass is 348 g/mol. The van der Waals surface area contributed by atoms with E-state index in [1.165, 1.54) is 7.11 Å². The standard InChI is InChI=1S/C17H21FN4O3/c1-9-13-11(16(23)20-17(24)22(13)10-3-4-10)15(25-2)12(18)14(9)21-7-5-19-6-8-21/h10,19H,3-8H2,1-2H3,(H,20,23,24). The maximum absolute atomic E-state index is 15.2. The number of rotatable bonds is 3. The number of hydrogen-bond donors (Lipinski definition) is 2. The van der Waals surface area contributed by atoms with Gasteiger partial charge in [-0.1, -0.05) is 0 Å². The minimum atomic E-state index is -0.609. The number of piperazine rings is 1. The van der Waals surface area contributed by atoms with E-state index in [0.717, 1.165) is 25.9 Å². The van der Waals surface area contributed by atoms with Crippen LogP contribution in [0.3, 0.4) is 0 Å². The smallest absolute Gasteiger partial charge is 0.329 e. The van der Waals surface area contributed by atoms with Crippen LogP contribution >= 0.6 is 0 Å². The first kappa shape index (κ1) is 16.1. The fraction of sp³-hybridized carbons (Fsp3) is 0.529. The Morgan fingerprint density at radius 2 is 1.88 bits per heavy atom. The Bertz CT molecular complexity index is 955. The molecule has 2 aromatic rings. The van der Waals surface area contributed by atoms with Crippen molar-refractivity contribution in [1.82, 2.24) is 14.9 Å². The molecule has 1 aromatic carbocycles. The minimum Gasteiger partial charge on any atom is -0.493 e. The highest BCUT2D eigenvalue weighted by molar-refractivity contribution is 5.93. The van der Waals surface area contributed by atoms with Gasteiger partial charge in [-0.05, 0) is 19.8 Å². The van der Waals surface area contributed by atoms with Gasteiger partial charge in [0.2, 0.25) is 0 Å². The van der Waals surface area contributed by atoms with Crippen molar-refractivity contribution in [2.45, 2.75) is 25.8 Å². The highest BCUT2D eigenvalue weighted by Gasteiger charge is 2.32. The first-order chi connectivity index (χ1) is 12.0. The number of nitrogens with one attached hydrogen (secondary N) is 2. The number of aryl methyl sites for hydroxylation is 1. The van der Waals surface area contributed by atoms with E-state index in [-0.39, 0.29) is 17.2 Å². The number of fused-ring (bicyclic) bond motifs is 1. The Balaban J connectivity index is 2.12. The summed E-state index contributed by atoms with van der Waals surface area (Å²) in [6.07, 6.45) is 1.76. The zero-order valence-electron chi connectivity index (χ0n) is 14.3. The van der Waals surface area contributed by atoms with Crippen LogP contribution in [0.4, 0.5) is 10.1 Å². The Hall–Kier alpha value is -2.35. The van der Waals surface area contributed by atoms with E-state index in [2.05, 4.69) is 10.3 Å². The van der Waals surface area contributed by atoms with Crippen molar-refractivity contribution in [3.05, 3.63) is 32.2 Å². The largest absolute Gasteiger partial charge is 0.493 e.